The molecule has 5 aromatic rings. The zero-order valence-corrected chi connectivity index (χ0v) is 19.9. The van der Waals surface area contributed by atoms with E-state index in [0.717, 1.165) is 46.8 Å². The van der Waals surface area contributed by atoms with Gasteiger partial charge in [0, 0.05) is 31.3 Å². The molecule has 0 bridgehead atoms. The molecule has 5 rings (SSSR count). The topological polar surface area (TPSA) is 64.7 Å². The second kappa shape index (κ2) is 10.4. The van der Waals surface area contributed by atoms with Crippen LogP contribution in [0.5, 0.6) is 0 Å². The highest BCUT2D eigenvalue weighted by atomic mass is 16.1. The van der Waals surface area contributed by atoms with Crippen LogP contribution >= 0.6 is 0 Å². The fourth-order valence-electron chi connectivity index (χ4n) is 4.38. The van der Waals surface area contributed by atoms with E-state index in [2.05, 4.69) is 39.4 Å². The summed E-state index contributed by atoms with van der Waals surface area (Å²) in [5.74, 6) is 0.949. The number of hydrogen-bond donors (Lipinski definition) is 1. The van der Waals surface area contributed by atoms with E-state index in [4.69, 9.17) is 4.98 Å². The Morgan fingerprint density at radius 2 is 1.54 bits per heavy atom. The molecule has 0 atom stereocenters. The maximum Gasteiger partial charge on any atom is 0.220 e. The summed E-state index contributed by atoms with van der Waals surface area (Å²) in [5, 5.41) is 7.70. The van der Waals surface area contributed by atoms with Crippen molar-refractivity contribution in [2.24, 2.45) is 0 Å². The maximum atomic E-state index is 12.6. The number of carbonyl (C=O) groups excluding carboxylic acids is 1. The molecule has 0 unspecified atom stereocenters. The van der Waals surface area contributed by atoms with Crippen LogP contribution < -0.4 is 5.32 Å². The third kappa shape index (κ3) is 5.17. The number of rotatable bonds is 9. The molecule has 6 nitrogen and oxygen atoms in total. The van der Waals surface area contributed by atoms with Gasteiger partial charge in [0.25, 0.3) is 0 Å². The third-order valence-electron chi connectivity index (χ3n) is 6.19. The van der Waals surface area contributed by atoms with Crippen molar-refractivity contribution in [3.63, 3.8) is 0 Å². The Hall–Kier alpha value is -4.19. The van der Waals surface area contributed by atoms with Crippen LogP contribution in [0.25, 0.3) is 22.4 Å². The highest BCUT2D eigenvalue weighted by Crippen LogP contribution is 2.22. The normalized spacial score (nSPS) is 11.1. The molecule has 0 aliphatic heterocycles. The van der Waals surface area contributed by atoms with Crippen molar-refractivity contribution in [2.45, 2.75) is 32.6 Å². The van der Waals surface area contributed by atoms with Gasteiger partial charge in [-0.3, -0.25) is 9.36 Å². The highest BCUT2D eigenvalue weighted by Gasteiger charge is 2.13. The van der Waals surface area contributed by atoms with Gasteiger partial charge >= 0.3 is 0 Å². The Morgan fingerprint density at radius 1 is 0.857 bits per heavy atom. The molecule has 1 N–H and O–H groups in total. The molecular formula is C29H29N5O. The molecule has 0 saturated carbocycles. The van der Waals surface area contributed by atoms with Gasteiger partial charge in [0.1, 0.15) is 5.82 Å². The van der Waals surface area contributed by atoms with E-state index in [9.17, 15) is 4.79 Å². The quantitative estimate of drug-likeness (QED) is 0.306. The first kappa shape index (κ1) is 22.6. The number of aromatic nitrogens is 4. The van der Waals surface area contributed by atoms with E-state index >= 15 is 0 Å². The van der Waals surface area contributed by atoms with Gasteiger partial charge in [-0.1, -0.05) is 48.5 Å². The highest BCUT2D eigenvalue weighted by molar-refractivity contribution is 5.79. The molecule has 35 heavy (non-hydrogen) atoms. The zero-order chi connectivity index (χ0) is 24.0. The molecule has 3 aromatic carbocycles. The Labute approximate surface area is 205 Å². The van der Waals surface area contributed by atoms with Gasteiger partial charge in [-0.25, -0.2) is 9.67 Å². The number of aryl methyl sites for hydroxylation is 3. The number of nitrogens with zero attached hydrogens (tertiary/aromatic N) is 4. The number of benzene rings is 3. The molecule has 176 valence electrons. The van der Waals surface area contributed by atoms with Crippen molar-refractivity contribution in [1.29, 1.82) is 0 Å². The fraction of sp³-hybridized carbons (Fsp3) is 0.207. The van der Waals surface area contributed by atoms with Crippen LogP contribution in [-0.4, -0.2) is 31.8 Å². The van der Waals surface area contributed by atoms with E-state index in [1.807, 2.05) is 78.3 Å². The predicted molar refractivity (Wildman–Crippen MR) is 139 cm³/mol. The van der Waals surface area contributed by atoms with Crippen molar-refractivity contribution < 1.29 is 4.79 Å². The molecule has 0 aliphatic carbocycles. The number of nitrogens with one attached hydrogen (secondary N) is 1. The summed E-state index contributed by atoms with van der Waals surface area (Å²) in [6.07, 6.45) is 4.82. The van der Waals surface area contributed by atoms with Crippen LogP contribution in [0.15, 0.2) is 91.1 Å². The van der Waals surface area contributed by atoms with E-state index in [1.165, 1.54) is 5.56 Å². The lowest BCUT2D eigenvalue weighted by molar-refractivity contribution is -0.121. The summed E-state index contributed by atoms with van der Waals surface area (Å²) in [7, 11) is 0. The summed E-state index contributed by atoms with van der Waals surface area (Å²) in [4.78, 5) is 17.4. The fourth-order valence-corrected chi connectivity index (χ4v) is 4.38. The molecule has 0 spiro atoms. The molecule has 0 saturated heterocycles. The molecule has 2 heterocycles. The Bertz CT molecular complexity index is 1420. The standard InChI is InChI=1S/C29H29N5O/c1-22-23(21-33(32-22)24-12-4-2-5-13-24)11-10-20-30-29(35)19-18-28-31-26-16-8-9-17-27(26)34(28)25-14-6-3-7-15-25/h2-9,12-17,21H,10-11,18-20H2,1H3,(H,30,35). The van der Waals surface area contributed by atoms with Gasteiger partial charge in [0.2, 0.25) is 5.91 Å². The largest absolute Gasteiger partial charge is 0.356 e. The van der Waals surface area contributed by atoms with Gasteiger partial charge in [-0.05, 0) is 61.7 Å². The lowest BCUT2D eigenvalue weighted by Crippen LogP contribution is -2.25. The van der Waals surface area contributed by atoms with Crippen molar-refractivity contribution in [1.82, 2.24) is 24.6 Å². The SMILES string of the molecule is Cc1nn(-c2ccccc2)cc1CCCNC(=O)CCc1nc2ccccc2n1-c1ccccc1. The summed E-state index contributed by atoms with van der Waals surface area (Å²) >= 11 is 0. The van der Waals surface area contributed by atoms with Crippen LogP contribution in [-0.2, 0) is 17.6 Å². The first-order chi connectivity index (χ1) is 17.2. The van der Waals surface area contributed by atoms with E-state index in [1.54, 1.807) is 0 Å². The average molecular weight is 464 g/mol. The first-order valence-corrected chi connectivity index (χ1v) is 12.1. The minimum absolute atomic E-state index is 0.0494. The first-order valence-electron chi connectivity index (χ1n) is 12.1. The van der Waals surface area contributed by atoms with Gasteiger partial charge in [-0.15, -0.1) is 0 Å². The molecule has 0 fully saturated rings. The van der Waals surface area contributed by atoms with Crippen molar-refractivity contribution in [2.75, 3.05) is 6.54 Å². The van der Waals surface area contributed by atoms with E-state index in [-0.39, 0.29) is 5.91 Å². The minimum atomic E-state index is 0.0494. The molecule has 1 amide bonds. The van der Waals surface area contributed by atoms with Gasteiger partial charge in [-0.2, -0.15) is 5.10 Å². The van der Waals surface area contributed by atoms with Crippen LogP contribution in [0.2, 0.25) is 0 Å². The Balaban J connectivity index is 1.16. The van der Waals surface area contributed by atoms with Gasteiger partial charge < -0.3 is 5.32 Å². The van der Waals surface area contributed by atoms with Gasteiger partial charge in [0.15, 0.2) is 0 Å². The molecule has 2 aromatic heterocycles. The summed E-state index contributed by atoms with van der Waals surface area (Å²) in [5.41, 5.74) is 6.35. The minimum Gasteiger partial charge on any atom is -0.356 e. The van der Waals surface area contributed by atoms with Crippen LogP contribution in [0, 0.1) is 6.92 Å². The number of para-hydroxylation sites is 4. The van der Waals surface area contributed by atoms with Gasteiger partial charge in [0.05, 0.1) is 22.4 Å². The monoisotopic (exact) mass is 463 g/mol. The lowest BCUT2D eigenvalue weighted by atomic mass is 10.1. The molecule has 6 heteroatoms. The summed E-state index contributed by atoms with van der Waals surface area (Å²) in [6.45, 7) is 2.68. The molecule has 0 aliphatic rings. The lowest BCUT2D eigenvalue weighted by Gasteiger charge is -2.09. The predicted octanol–water partition coefficient (Wildman–Crippen LogP) is 5.20. The average Bonchev–Trinajstić information content (AvgIpc) is 3.46. The maximum absolute atomic E-state index is 12.6. The number of carbonyl (C=O) groups is 1. The Kier molecular flexibility index (Phi) is 6.70. The second-order valence-electron chi connectivity index (χ2n) is 8.66. The van der Waals surface area contributed by atoms with E-state index in [0.29, 0.717) is 19.4 Å². The van der Waals surface area contributed by atoms with E-state index < -0.39 is 0 Å². The Morgan fingerprint density at radius 3 is 2.31 bits per heavy atom. The molecular weight excluding hydrogens is 434 g/mol. The summed E-state index contributed by atoms with van der Waals surface area (Å²) in [6, 6.07) is 28.4. The smallest absolute Gasteiger partial charge is 0.220 e. The summed E-state index contributed by atoms with van der Waals surface area (Å²) < 4.78 is 4.07. The van der Waals surface area contributed by atoms with Crippen LogP contribution in [0.3, 0.4) is 0 Å². The van der Waals surface area contributed by atoms with Crippen LogP contribution in [0.4, 0.5) is 0 Å². The zero-order valence-electron chi connectivity index (χ0n) is 19.9. The van der Waals surface area contributed by atoms with Crippen molar-refractivity contribution in [3.05, 3.63) is 108 Å². The third-order valence-corrected chi connectivity index (χ3v) is 6.19. The molecule has 0 radical (unpaired) electrons. The number of fused-ring (bicyclic) bond motifs is 1. The number of imidazole rings is 1. The number of amides is 1. The number of hydrogen-bond acceptors (Lipinski definition) is 3. The van der Waals surface area contributed by atoms with Crippen molar-refractivity contribution in [3.8, 4) is 11.4 Å². The van der Waals surface area contributed by atoms with Crippen LogP contribution in [0.1, 0.15) is 29.9 Å². The second-order valence-corrected chi connectivity index (χ2v) is 8.66. The van der Waals surface area contributed by atoms with Crippen molar-refractivity contribution >= 4 is 16.9 Å².